The summed E-state index contributed by atoms with van der Waals surface area (Å²) in [7, 11) is 2.67. The van der Waals surface area contributed by atoms with Gasteiger partial charge in [-0.05, 0) is 54.5 Å². The number of benzene rings is 3. The number of esters is 1. The van der Waals surface area contributed by atoms with E-state index in [1.165, 1.54) is 30.9 Å². The van der Waals surface area contributed by atoms with Crippen LogP contribution < -0.4 is 29.7 Å². The summed E-state index contributed by atoms with van der Waals surface area (Å²) in [5.74, 6) is -0.858. The van der Waals surface area contributed by atoms with Crippen molar-refractivity contribution in [1.29, 1.82) is 0 Å². The Kier molecular flexibility index (Phi) is 9.49. The Morgan fingerprint density at radius 3 is 2.48 bits per heavy atom. The van der Waals surface area contributed by atoms with Crippen molar-refractivity contribution in [3.63, 3.8) is 0 Å². The molecule has 0 saturated carbocycles. The number of amides is 1. The number of carbonyl (C=O) groups excluding carboxylic acids is 2. The number of carbonyl (C=O) groups is 2. The third-order valence-corrected chi connectivity index (χ3v) is 8.61. The summed E-state index contributed by atoms with van der Waals surface area (Å²) in [6.07, 6.45) is -2.91. The number of methoxy groups -OCH3 is 2. The van der Waals surface area contributed by atoms with E-state index in [4.69, 9.17) is 14.2 Å². The number of halogens is 4. The van der Waals surface area contributed by atoms with Crippen molar-refractivity contribution >= 4 is 50.9 Å². The molecular weight excluding hydrogens is 691 g/mol. The second kappa shape index (κ2) is 13.3. The lowest BCUT2D eigenvalue weighted by Crippen LogP contribution is -2.39. The fraction of sp³-hybridized carbons (Fsp3) is 0.188. The summed E-state index contributed by atoms with van der Waals surface area (Å²) in [6, 6.07) is 15.8. The van der Waals surface area contributed by atoms with Crippen LogP contribution in [0.15, 0.2) is 92.3 Å². The van der Waals surface area contributed by atoms with Crippen molar-refractivity contribution in [1.82, 2.24) is 4.57 Å². The van der Waals surface area contributed by atoms with E-state index in [0.717, 1.165) is 23.5 Å². The SMILES string of the molecule is COC(=O)C1=C(C)N=c2sc(=Cc3cc(OC)c(OCC(=O)Nc4cccc(C(F)(F)F)c4)cc3Br)c(=O)n2C1c1ccccc1. The van der Waals surface area contributed by atoms with Crippen molar-refractivity contribution in [2.75, 3.05) is 26.1 Å². The fourth-order valence-corrected chi connectivity index (χ4v) is 6.31. The molecule has 0 fully saturated rings. The molecule has 1 N–H and O–H groups in total. The molecule has 1 atom stereocenters. The maximum Gasteiger partial charge on any atom is 0.416 e. The Morgan fingerprint density at radius 1 is 1.07 bits per heavy atom. The zero-order valence-electron chi connectivity index (χ0n) is 24.5. The molecule has 9 nitrogen and oxygen atoms in total. The first-order chi connectivity index (χ1) is 21.9. The van der Waals surface area contributed by atoms with Gasteiger partial charge in [0.2, 0.25) is 0 Å². The molecule has 3 aromatic carbocycles. The third-order valence-electron chi connectivity index (χ3n) is 6.94. The Morgan fingerprint density at radius 2 is 1.80 bits per heavy atom. The zero-order chi connectivity index (χ0) is 33.2. The van der Waals surface area contributed by atoms with Crippen LogP contribution in [0.1, 0.15) is 29.7 Å². The van der Waals surface area contributed by atoms with Crippen LogP contribution >= 0.6 is 27.3 Å². The highest BCUT2D eigenvalue weighted by Crippen LogP contribution is 2.35. The molecule has 4 aromatic rings. The van der Waals surface area contributed by atoms with Gasteiger partial charge in [-0.1, -0.05) is 63.7 Å². The monoisotopic (exact) mass is 715 g/mol. The molecule has 0 bridgehead atoms. The van der Waals surface area contributed by atoms with Crippen molar-refractivity contribution in [3.05, 3.63) is 119 Å². The Hall–Kier alpha value is -4.69. The van der Waals surface area contributed by atoms with Crippen LogP contribution in [-0.4, -0.2) is 37.3 Å². The summed E-state index contributed by atoms with van der Waals surface area (Å²) in [4.78, 5) is 44.0. The van der Waals surface area contributed by atoms with Gasteiger partial charge in [-0.15, -0.1) is 0 Å². The average Bonchev–Trinajstić information content (AvgIpc) is 3.33. The second-order valence-corrected chi connectivity index (χ2v) is 11.8. The van der Waals surface area contributed by atoms with Gasteiger partial charge in [0.05, 0.1) is 41.6 Å². The van der Waals surface area contributed by atoms with Gasteiger partial charge in [-0.2, -0.15) is 13.2 Å². The maximum absolute atomic E-state index is 13.8. The quantitative estimate of drug-likeness (QED) is 0.251. The van der Waals surface area contributed by atoms with Crippen LogP contribution in [0.2, 0.25) is 0 Å². The van der Waals surface area contributed by atoms with Gasteiger partial charge in [-0.25, -0.2) is 9.79 Å². The predicted molar refractivity (Wildman–Crippen MR) is 168 cm³/mol. The summed E-state index contributed by atoms with van der Waals surface area (Å²) < 4.78 is 57.4. The van der Waals surface area contributed by atoms with Gasteiger partial charge in [0.1, 0.15) is 0 Å². The van der Waals surface area contributed by atoms with Crippen LogP contribution in [0.5, 0.6) is 11.5 Å². The molecule has 0 aliphatic carbocycles. The molecule has 1 aliphatic rings. The van der Waals surface area contributed by atoms with Crippen LogP contribution in [0, 0.1) is 0 Å². The molecule has 2 heterocycles. The van der Waals surface area contributed by atoms with Gasteiger partial charge in [-0.3, -0.25) is 14.2 Å². The number of alkyl halides is 3. The molecule has 0 radical (unpaired) electrons. The standard InChI is InChI=1S/C32H25BrF3N3O6S/c1-17-27(30(42)44-3)28(18-8-5-4-6-9-18)39-29(41)25(46-31(39)37-17)13-19-12-23(43-2)24(15-22(19)33)45-16-26(40)38-21-11-7-10-20(14-21)32(34,35)36/h4-15,28H,16H2,1-3H3,(H,38,40). The lowest BCUT2D eigenvalue weighted by atomic mass is 9.96. The number of nitrogens with zero attached hydrogens (tertiary/aromatic N) is 2. The highest BCUT2D eigenvalue weighted by atomic mass is 79.9. The first kappa shape index (κ1) is 32.7. The highest BCUT2D eigenvalue weighted by Gasteiger charge is 2.33. The Balaban J connectivity index is 1.44. The summed E-state index contributed by atoms with van der Waals surface area (Å²) in [5, 5.41) is 2.38. The van der Waals surface area contributed by atoms with E-state index in [9.17, 15) is 27.6 Å². The first-order valence-electron chi connectivity index (χ1n) is 13.5. The number of anilines is 1. The van der Waals surface area contributed by atoms with E-state index in [2.05, 4.69) is 26.2 Å². The number of aromatic nitrogens is 1. The summed E-state index contributed by atoms with van der Waals surface area (Å²) in [5.41, 5.74) is 0.661. The van der Waals surface area contributed by atoms with E-state index in [1.54, 1.807) is 25.1 Å². The minimum Gasteiger partial charge on any atom is -0.493 e. The smallest absolute Gasteiger partial charge is 0.416 e. The minimum absolute atomic E-state index is 0.0308. The average molecular weight is 717 g/mol. The zero-order valence-corrected chi connectivity index (χ0v) is 26.9. The molecule has 1 aliphatic heterocycles. The number of allylic oxidation sites excluding steroid dienone is 1. The lowest BCUT2D eigenvalue weighted by Gasteiger charge is -2.24. The molecular formula is C32H25BrF3N3O6S. The first-order valence-corrected chi connectivity index (χ1v) is 15.2. The van der Waals surface area contributed by atoms with Gasteiger partial charge in [0.15, 0.2) is 22.9 Å². The van der Waals surface area contributed by atoms with Gasteiger partial charge >= 0.3 is 12.1 Å². The van der Waals surface area contributed by atoms with Crippen LogP contribution in [0.25, 0.3) is 6.08 Å². The van der Waals surface area contributed by atoms with E-state index in [1.807, 2.05) is 30.3 Å². The van der Waals surface area contributed by atoms with E-state index in [0.29, 0.717) is 30.6 Å². The molecule has 1 aromatic heterocycles. The fourth-order valence-electron chi connectivity index (χ4n) is 4.83. The van der Waals surface area contributed by atoms with Crippen LogP contribution in [0.4, 0.5) is 18.9 Å². The van der Waals surface area contributed by atoms with Gasteiger partial charge in [0.25, 0.3) is 11.5 Å². The number of rotatable bonds is 8. The van der Waals surface area contributed by atoms with E-state index < -0.39 is 36.3 Å². The lowest BCUT2D eigenvalue weighted by molar-refractivity contribution is -0.138. The number of ether oxygens (including phenoxy) is 3. The summed E-state index contributed by atoms with van der Waals surface area (Å²) in [6.45, 7) is 1.18. The second-order valence-electron chi connectivity index (χ2n) is 9.92. The molecule has 14 heteroatoms. The van der Waals surface area contributed by atoms with Crippen molar-refractivity contribution in [3.8, 4) is 11.5 Å². The van der Waals surface area contributed by atoms with Crippen molar-refractivity contribution < 1.29 is 37.0 Å². The number of nitrogens with one attached hydrogen (secondary N) is 1. The molecule has 5 rings (SSSR count). The predicted octanol–water partition coefficient (Wildman–Crippen LogP) is 5.22. The molecule has 1 amide bonds. The van der Waals surface area contributed by atoms with E-state index in [-0.39, 0.29) is 28.3 Å². The molecule has 1 unspecified atom stereocenters. The largest absolute Gasteiger partial charge is 0.493 e. The third kappa shape index (κ3) is 6.77. The normalized spacial score (nSPS) is 14.8. The van der Waals surface area contributed by atoms with Crippen LogP contribution in [0.3, 0.4) is 0 Å². The summed E-state index contributed by atoms with van der Waals surface area (Å²) >= 11 is 4.63. The Labute approximate surface area is 272 Å². The number of hydrogen-bond acceptors (Lipinski definition) is 8. The topological polar surface area (TPSA) is 108 Å². The van der Waals surface area contributed by atoms with Crippen molar-refractivity contribution in [2.45, 2.75) is 19.1 Å². The van der Waals surface area contributed by atoms with Gasteiger partial charge in [0, 0.05) is 10.2 Å². The molecule has 0 spiro atoms. The van der Waals surface area contributed by atoms with E-state index >= 15 is 0 Å². The number of hydrogen-bond donors (Lipinski definition) is 1. The minimum atomic E-state index is -4.55. The van der Waals surface area contributed by atoms with Crippen molar-refractivity contribution in [2.24, 2.45) is 4.99 Å². The molecule has 238 valence electrons. The number of thiazole rings is 1. The molecule has 0 saturated heterocycles. The molecule has 46 heavy (non-hydrogen) atoms. The highest BCUT2D eigenvalue weighted by molar-refractivity contribution is 9.10. The number of fused-ring (bicyclic) bond motifs is 1. The van der Waals surface area contributed by atoms with Gasteiger partial charge < -0.3 is 19.5 Å². The maximum atomic E-state index is 13.8. The van der Waals surface area contributed by atoms with Crippen LogP contribution in [-0.2, 0) is 20.5 Å². The Bertz CT molecular complexity index is 2040.